The number of nitrogens with zero attached hydrogens (tertiary/aromatic N) is 1. The van der Waals surface area contributed by atoms with Crippen LogP contribution in [0.2, 0.25) is 5.02 Å². The minimum Gasteiger partial charge on any atom is -0.454 e. The van der Waals surface area contributed by atoms with Gasteiger partial charge in [-0.05, 0) is 29.3 Å². The lowest BCUT2D eigenvalue weighted by Crippen LogP contribution is -2.05. The molecule has 1 aromatic heterocycles. The largest absolute Gasteiger partial charge is 0.454 e. The van der Waals surface area contributed by atoms with Crippen molar-refractivity contribution in [2.24, 2.45) is 0 Å². The first-order valence-electron chi connectivity index (χ1n) is 6.11. The summed E-state index contributed by atoms with van der Waals surface area (Å²) in [5.41, 5.74) is 7.22. The Bertz CT molecular complexity index is 648. The second-order valence-electron chi connectivity index (χ2n) is 4.50. The quantitative estimate of drug-likeness (QED) is 0.908. The first-order valence-corrected chi connectivity index (χ1v) is 6.49. The SMILES string of the molecule is Nc1ncccc1CC(O)c1cc(Cl)c2c(c1)OCO2. The molecule has 6 heteroatoms. The van der Waals surface area contributed by atoms with Gasteiger partial charge in [-0.2, -0.15) is 0 Å². The molecule has 0 bridgehead atoms. The van der Waals surface area contributed by atoms with Gasteiger partial charge in [-0.3, -0.25) is 0 Å². The van der Waals surface area contributed by atoms with Gasteiger partial charge in [-0.1, -0.05) is 17.7 Å². The molecule has 0 saturated carbocycles. The molecule has 3 N–H and O–H groups in total. The summed E-state index contributed by atoms with van der Waals surface area (Å²) in [6.45, 7) is 0.143. The van der Waals surface area contributed by atoms with Gasteiger partial charge in [0.1, 0.15) is 5.82 Å². The summed E-state index contributed by atoms with van der Waals surface area (Å²) >= 11 is 6.10. The number of pyridine rings is 1. The second kappa shape index (κ2) is 5.19. The molecular formula is C14H13ClN2O3. The van der Waals surface area contributed by atoms with Crippen LogP contribution in [0.3, 0.4) is 0 Å². The lowest BCUT2D eigenvalue weighted by atomic mass is 10.0. The number of benzene rings is 1. The van der Waals surface area contributed by atoms with E-state index in [1.165, 1.54) is 0 Å². The van der Waals surface area contributed by atoms with Crippen molar-refractivity contribution in [3.63, 3.8) is 0 Å². The number of nitrogens with two attached hydrogens (primary N) is 1. The van der Waals surface area contributed by atoms with E-state index in [0.717, 1.165) is 5.56 Å². The Kier molecular flexibility index (Phi) is 3.38. The molecule has 0 saturated heterocycles. The number of ether oxygens (including phenoxy) is 2. The van der Waals surface area contributed by atoms with Crippen molar-refractivity contribution in [3.05, 3.63) is 46.6 Å². The first-order chi connectivity index (χ1) is 9.65. The fraction of sp³-hybridized carbons (Fsp3) is 0.214. The number of aromatic nitrogens is 1. The van der Waals surface area contributed by atoms with Crippen LogP contribution in [-0.2, 0) is 6.42 Å². The number of anilines is 1. The second-order valence-corrected chi connectivity index (χ2v) is 4.91. The third kappa shape index (κ3) is 2.37. The number of aliphatic hydroxyl groups excluding tert-OH is 1. The van der Waals surface area contributed by atoms with Gasteiger partial charge in [0.05, 0.1) is 11.1 Å². The van der Waals surface area contributed by atoms with Gasteiger partial charge in [0.25, 0.3) is 0 Å². The Morgan fingerprint density at radius 1 is 1.40 bits per heavy atom. The van der Waals surface area contributed by atoms with Crippen LogP contribution in [0.5, 0.6) is 11.5 Å². The number of halogens is 1. The summed E-state index contributed by atoms with van der Waals surface area (Å²) in [7, 11) is 0. The Labute approximate surface area is 120 Å². The van der Waals surface area contributed by atoms with Gasteiger partial charge in [0.2, 0.25) is 6.79 Å². The molecule has 2 aromatic rings. The number of fused-ring (bicyclic) bond motifs is 1. The molecule has 0 aliphatic carbocycles. The third-order valence-electron chi connectivity index (χ3n) is 3.17. The third-order valence-corrected chi connectivity index (χ3v) is 3.45. The average Bonchev–Trinajstić information content (AvgIpc) is 2.90. The van der Waals surface area contributed by atoms with Crippen LogP contribution in [0.15, 0.2) is 30.5 Å². The number of aliphatic hydroxyl groups is 1. The Balaban J connectivity index is 1.86. The highest BCUT2D eigenvalue weighted by Gasteiger charge is 2.21. The molecule has 1 aliphatic rings. The van der Waals surface area contributed by atoms with E-state index >= 15 is 0 Å². The monoisotopic (exact) mass is 292 g/mol. The molecular weight excluding hydrogens is 280 g/mol. The van der Waals surface area contributed by atoms with Crippen LogP contribution in [0, 0.1) is 0 Å². The van der Waals surface area contributed by atoms with Crippen molar-refractivity contribution in [2.45, 2.75) is 12.5 Å². The highest BCUT2D eigenvalue weighted by atomic mass is 35.5. The standard InChI is InChI=1S/C14H13ClN2O3/c15-10-4-9(6-12-13(10)20-7-19-12)11(18)5-8-2-1-3-17-14(8)16/h1-4,6,11,18H,5,7H2,(H2,16,17). The minimum absolute atomic E-state index is 0.143. The highest BCUT2D eigenvalue weighted by molar-refractivity contribution is 6.32. The topological polar surface area (TPSA) is 77.6 Å². The fourth-order valence-electron chi connectivity index (χ4n) is 2.13. The van der Waals surface area contributed by atoms with E-state index in [1.54, 1.807) is 24.4 Å². The zero-order valence-electron chi connectivity index (χ0n) is 10.5. The molecule has 0 radical (unpaired) electrons. The van der Waals surface area contributed by atoms with Gasteiger partial charge in [0, 0.05) is 12.6 Å². The predicted molar refractivity (Wildman–Crippen MR) is 74.9 cm³/mol. The summed E-state index contributed by atoms with van der Waals surface area (Å²) in [4.78, 5) is 4.00. The molecule has 20 heavy (non-hydrogen) atoms. The fourth-order valence-corrected chi connectivity index (χ4v) is 2.40. The van der Waals surface area contributed by atoms with Crippen molar-refractivity contribution in [1.29, 1.82) is 0 Å². The number of nitrogen functional groups attached to an aromatic ring is 1. The van der Waals surface area contributed by atoms with Gasteiger partial charge in [-0.15, -0.1) is 0 Å². The predicted octanol–water partition coefficient (Wildman–Crippen LogP) is 2.32. The van der Waals surface area contributed by atoms with E-state index in [0.29, 0.717) is 34.3 Å². The zero-order valence-corrected chi connectivity index (χ0v) is 11.3. The van der Waals surface area contributed by atoms with Crippen molar-refractivity contribution in [2.75, 3.05) is 12.5 Å². The molecule has 2 heterocycles. The lowest BCUT2D eigenvalue weighted by molar-refractivity contribution is 0.171. The minimum atomic E-state index is -0.742. The smallest absolute Gasteiger partial charge is 0.231 e. The highest BCUT2D eigenvalue weighted by Crippen LogP contribution is 2.41. The molecule has 1 aliphatic heterocycles. The summed E-state index contributed by atoms with van der Waals surface area (Å²) in [6, 6.07) is 7.02. The van der Waals surface area contributed by atoms with Gasteiger partial charge in [0.15, 0.2) is 11.5 Å². The summed E-state index contributed by atoms with van der Waals surface area (Å²) in [5.74, 6) is 1.48. The summed E-state index contributed by atoms with van der Waals surface area (Å²) < 4.78 is 10.5. The molecule has 1 atom stereocenters. The van der Waals surface area contributed by atoms with E-state index < -0.39 is 6.10 Å². The molecule has 0 amide bonds. The van der Waals surface area contributed by atoms with Crippen LogP contribution < -0.4 is 15.2 Å². The molecule has 0 spiro atoms. The van der Waals surface area contributed by atoms with Crippen molar-refractivity contribution in [1.82, 2.24) is 4.98 Å². The maximum Gasteiger partial charge on any atom is 0.231 e. The van der Waals surface area contributed by atoms with Crippen LogP contribution in [0.1, 0.15) is 17.2 Å². The van der Waals surface area contributed by atoms with Crippen LogP contribution in [-0.4, -0.2) is 16.9 Å². The average molecular weight is 293 g/mol. The number of rotatable bonds is 3. The molecule has 0 fully saturated rings. The Morgan fingerprint density at radius 3 is 3.05 bits per heavy atom. The maximum absolute atomic E-state index is 10.3. The van der Waals surface area contributed by atoms with Gasteiger partial charge < -0.3 is 20.3 Å². The molecule has 104 valence electrons. The van der Waals surface area contributed by atoms with Gasteiger partial charge in [-0.25, -0.2) is 4.98 Å². The first kappa shape index (κ1) is 13.0. The number of hydrogen-bond donors (Lipinski definition) is 2. The van der Waals surface area contributed by atoms with E-state index in [4.69, 9.17) is 26.8 Å². The van der Waals surface area contributed by atoms with E-state index in [2.05, 4.69) is 4.98 Å². The van der Waals surface area contributed by atoms with Crippen LogP contribution in [0.25, 0.3) is 0 Å². The molecule has 1 unspecified atom stereocenters. The van der Waals surface area contributed by atoms with Crippen molar-refractivity contribution in [3.8, 4) is 11.5 Å². The molecule has 3 rings (SSSR count). The van der Waals surface area contributed by atoms with Crippen molar-refractivity contribution < 1.29 is 14.6 Å². The van der Waals surface area contributed by atoms with Crippen LogP contribution >= 0.6 is 11.6 Å². The Hall–Kier alpha value is -1.98. The summed E-state index contributed by atoms with van der Waals surface area (Å²) in [5, 5.41) is 10.7. The normalized spacial score (nSPS) is 14.3. The molecule has 1 aromatic carbocycles. The maximum atomic E-state index is 10.3. The number of hydrogen-bond acceptors (Lipinski definition) is 5. The molecule has 5 nitrogen and oxygen atoms in total. The van der Waals surface area contributed by atoms with E-state index in [1.807, 2.05) is 6.07 Å². The van der Waals surface area contributed by atoms with Crippen LogP contribution in [0.4, 0.5) is 5.82 Å². The zero-order chi connectivity index (χ0) is 14.1. The van der Waals surface area contributed by atoms with E-state index in [9.17, 15) is 5.11 Å². The van der Waals surface area contributed by atoms with E-state index in [-0.39, 0.29) is 6.79 Å². The summed E-state index contributed by atoms with van der Waals surface area (Å²) in [6.07, 6.45) is 1.23. The van der Waals surface area contributed by atoms with Gasteiger partial charge >= 0.3 is 0 Å². The lowest BCUT2D eigenvalue weighted by Gasteiger charge is -2.13. The Morgan fingerprint density at radius 2 is 2.25 bits per heavy atom. The van der Waals surface area contributed by atoms with Crippen molar-refractivity contribution >= 4 is 17.4 Å².